The number of rotatable bonds is 5. The van der Waals surface area contributed by atoms with Gasteiger partial charge in [-0.1, -0.05) is 42.1 Å². The van der Waals surface area contributed by atoms with Gasteiger partial charge < -0.3 is 0 Å². The van der Waals surface area contributed by atoms with Crippen molar-refractivity contribution < 1.29 is 4.39 Å². The first-order valence-electron chi connectivity index (χ1n) is 6.25. The molecular weight excluding hydrogens is 299 g/mol. The van der Waals surface area contributed by atoms with E-state index < -0.39 is 5.82 Å². The highest BCUT2D eigenvalue weighted by Gasteiger charge is 2.22. The molecule has 0 amide bonds. The van der Waals surface area contributed by atoms with E-state index in [1.54, 1.807) is 12.1 Å². The molecule has 3 N–H and O–H groups in total. The summed E-state index contributed by atoms with van der Waals surface area (Å²) in [4.78, 5) is 0.932. The van der Waals surface area contributed by atoms with Crippen LogP contribution in [-0.2, 0) is 6.42 Å². The Morgan fingerprint density at radius 3 is 2.85 bits per heavy atom. The molecule has 0 saturated carbocycles. The van der Waals surface area contributed by atoms with Crippen molar-refractivity contribution in [3.05, 3.63) is 45.2 Å². The summed E-state index contributed by atoms with van der Waals surface area (Å²) in [5.41, 5.74) is 4.12. The van der Waals surface area contributed by atoms with Gasteiger partial charge in [-0.15, -0.1) is 5.10 Å². The lowest BCUT2D eigenvalue weighted by Gasteiger charge is -2.16. The van der Waals surface area contributed by atoms with Crippen LogP contribution in [0.25, 0.3) is 0 Å². The van der Waals surface area contributed by atoms with E-state index in [-0.39, 0.29) is 17.0 Å². The number of benzene rings is 1. The highest BCUT2D eigenvalue weighted by molar-refractivity contribution is 7.05. The van der Waals surface area contributed by atoms with Crippen molar-refractivity contribution in [2.75, 3.05) is 0 Å². The van der Waals surface area contributed by atoms with Crippen molar-refractivity contribution in [3.8, 4) is 0 Å². The van der Waals surface area contributed by atoms with Crippen LogP contribution in [0.5, 0.6) is 0 Å². The molecule has 1 aromatic carbocycles. The third kappa shape index (κ3) is 3.15. The Morgan fingerprint density at radius 2 is 2.20 bits per heavy atom. The maximum Gasteiger partial charge on any atom is 0.145 e. The zero-order valence-corrected chi connectivity index (χ0v) is 12.8. The number of aromatic nitrogens is 2. The van der Waals surface area contributed by atoms with Crippen molar-refractivity contribution in [2.45, 2.75) is 32.2 Å². The molecule has 0 spiro atoms. The molecule has 7 heteroatoms. The summed E-state index contributed by atoms with van der Waals surface area (Å²) in [5, 5.41) is 4.23. The topological polar surface area (TPSA) is 63.8 Å². The van der Waals surface area contributed by atoms with E-state index in [4.69, 9.17) is 17.4 Å². The Labute approximate surface area is 126 Å². The summed E-state index contributed by atoms with van der Waals surface area (Å²) in [5.74, 6) is 5.45. The Balaban J connectivity index is 2.29. The first-order valence-corrected chi connectivity index (χ1v) is 7.40. The fourth-order valence-corrected chi connectivity index (χ4v) is 3.06. The van der Waals surface area contributed by atoms with Crippen LogP contribution in [0.15, 0.2) is 18.2 Å². The minimum atomic E-state index is -0.405. The highest BCUT2D eigenvalue weighted by atomic mass is 35.5. The monoisotopic (exact) mass is 314 g/mol. The number of halogens is 2. The van der Waals surface area contributed by atoms with Crippen LogP contribution in [0.1, 0.15) is 41.9 Å². The lowest BCUT2D eigenvalue weighted by Crippen LogP contribution is -2.30. The van der Waals surface area contributed by atoms with Crippen LogP contribution < -0.4 is 11.3 Å². The molecule has 2 rings (SSSR count). The Hall–Kier alpha value is -1.08. The molecule has 1 atom stereocenters. The third-order valence-electron chi connectivity index (χ3n) is 3.06. The molecule has 0 aliphatic rings. The molecule has 2 aromatic rings. The first-order chi connectivity index (χ1) is 9.54. The number of nitrogens with one attached hydrogen (secondary N) is 1. The van der Waals surface area contributed by atoms with Crippen LogP contribution in [0.2, 0.25) is 5.02 Å². The van der Waals surface area contributed by atoms with Crippen molar-refractivity contribution in [1.29, 1.82) is 0 Å². The Morgan fingerprint density at radius 1 is 1.45 bits per heavy atom. The van der Waals surface area contributed by atoms with Gasteiger partial charge in [0.2, 0.25) is 0 Å². The van der Waals surface area contributed by atoms with Crippen molar-refractivity contribution >= 4 is 23.1 Å². The van der Waals surface area contributed by atoms with E-state index >= 15 is 0 Å². The summed E-state index contributed by atoms with van der Waals surface area (Å²) in [6.07, 6.45) is 0.395. The van der Waals surface area contributed by atoms with E-state index in [2.05, 4.69) is 15.0 Å². The zero-order chi connectivity index (χ0) is 14.7. The second kappa shape index (κ2) is 6.58. The lowest BCUT2D eigenvalue weighted by atomic mass is 10.0. The summed E-state index contributed by atoms with van der Waals surface area (Å²) >= 11 is 7.08. The summed E-state index contributed by atoms with van der Waals surface area (Å²) in [7, 11) is 0. The molecule has 0 aliphatic heterocycles. The lowest BCUT2D eigenvalue weighted by molar-refractivity contribution is 0.529. The summed E-state index contributed by atoms with van der Waals surface area (Å²) in [6.45, 7) is 4.07. The van der Waals surface area contributed by atoms with E-state index in [1.165, 1.54) is 17.6 Å². The van der Waals surface area contributed by atoms with Crippen LogP contribution in [0, 0.1) is 5.82 Å². The molecule has 1 heterocycles. The molecule has 0 bridgehead atoms. The zero-order valence-electron chi connectivity index (χ0n) is 11.2. The van der Waals surface area contributed by atoms with E-state index in [1.807, 2.05) is 13.8 Å². The predicted molar refractivity (Wildman–Crippen MR) is 79.2 cm³/mol. The fraction of sp³-hybridized carbons (Fsp3) is 0.385. The Bertz CT molecular complexity index is 588. The molecule has 1 aromatic heterocycles. The second-order valence-electron chi connectivity index (χ2n) is 4.81. The molecule has 1 unspecified atom stereocenters. The fourth-order valence-electron chi connectivity index (χ4n) is 2.00. The van der Waals surface area contributed by atoms with Gasteiger partial charge in [0.15, 0.2) is 0 Å². The number of hydrazine groups is 1. The number of hydrogen-bond donors (Lipinski definition) is 2. The highest BCUT2D eigenvalue weighted by Crippen LogP contribution is 2.29. The molecule has 0 aliphatic carbocycles. The van der Waals surface area contributed by atoms with E-state index in [0.29, 0.717) is 12.0 Å². The Kier molecular flexibility index (Phi) is 5.04. The smallest absolute Gasteiger partial charge is 0.145 e. The summed E-state index contributed by atoms with van der Waals surface area (Å²) in [6, 6.07) is 4.72. The molecule has 108 valence electrons. The molecule has 0 radical (unpaired) electrons. The number of nitrogens with zero attached hydrogens (tertiary/aromatic N) is 2. The second-order valence-corrected chi connectivity index (χ2v) is 6.01. The molecule has 0 saturated heterocycles. The minimum absolute atomic E-state index is 0.116. The predicted octanol–water partition coefficient (Wildman–Crippen LogP) is 3.20. The number of nitrogens with two attached hydrogens (primary N) is 1. The molecular formula is C13H16ClFN4S. The van der Waals surface area contributed by atoms with Crippen molar-refractivity contribution in [2.24, 2.45) is 5.84 Å². The maximum absolute atomic E-state index is 14.0. The maximum atomic E-state index is 14.0. The number of hydrogen-bond acceptors (Lipinski definition) is 5. The van der Waals surface area contributed by atoms with Gasteiger partial charge in [-0.25, -0.2) is 4.39 Å². The molecule has 0 fully saturated rings. The average Bonchev–Trinajstić information content (AvgIpc) is 2.90. The standard InChI is InChI=1S/C13H16ClFN4S/c1-7(2)12-13(20-19-18-12)10(17-16)6-8-4-3-5-9(14)11(8)15/h3-5,7,10,17H,6,16H2,1-2H3. The van der Waals surface area contributed by atoms with Crippen molar-refractivity contribution in [3.63, 3.8) is 0 Å². The largest absolute Gasteiger partial charge is 0.271 e. The SMILES string of the molecule is CC(C)c1nnsc1C(Cc1cccc(Cl)c1F)NN. The quantitative estimate of drug-likeness (QED) is 0.657. The van der Waals surface area contributed by atoms with Gasteiger partial charge in [-0.3, -0.25) is 11.3 Å². The van der Waals surface area contributed by atoms with Crippen LogP contribution in [0.3, 0.4) is 0 Å². The first kappa shape index (κ1) is 15.3. The third-order valence-corrected chi connectivity index (χ3v) is 4.21. The van der Waals surface area contributed by atoms with Gasteiger partial charge in [0.25, 0.3) is 0 Å². The van der Waals surface area contributed by atoms with Crippen molar-refractivity contribution in [1.82, 2.24) is 15.0 Å². The van der Waals surface area contributed by atoms with Crippen LogP contribution >= 0.6 is 23.1 Å². The van der Waals surface area contributed by atoms with Gasteiger partial charge in [-0.2, -0.15) is 0 Å². The van der Waals surface area contributed by atoms with Crippen LogP contribution in [-0.4, -0.2) is 9.59 Å². The van der Waals surface area contributed by atoms with E-state index in [0.717, 1.165) is 10.6 Å². The summed E-state index contributed by atoms with van der Waals surface area (Å²) < 4.78 is 17.9. The van der Waals surface area contributed by atoms with Gasteiger partial charge in [-0.05, 0) is 35.5 Å². The molecule has 20 heavy (non-hydrogen) atoms. The minimum Gasteiger partial charge on any atom is -0.271 e. The van der Waals surface area contributed by atoms with Gasteiger partial charge in [0, 0.05) is 0 Å². The molecule has 4 nitrogen and oxygen atoms in total. The van der Waals surface area contributed by atoms with Crippen LogP contribution in [0.4, 0.5) is 4.39 Å². The van der Waals surface area contributed by atoms with Gasteiger partial charge in [0.1, 0.15) is 5.82 Å². The normalized spacial score (nSPS) is 12.9. The average molecular weight is 315 g/mol. The van der Waals surface area contributed by atoms with Gasteiger partial charge >= 0.3 is 0 Å². The van der Waals surface area contributed by atoms with E-state index in [9.17, 15) is 4.39 Å². The van der Waals surface area contributed by atoms with Gasteiger partial charge in [0.05, 0.1) is 21.6 Å².